The Kier molecular flexibility index (Phi) is 5.95. The fraction of sp³-hybridized carbons (Fsp3) is 0.526. The van der Waals surface area contributed by atoms with Crippen molar-refractivity contribution in [3.05, 3.63) is 35.5 Å². The van der Waals surface area contributed by atoms with Crippen molar-refractivity contribution in [2.24, 2.45) is 0 Å². The van der Waals surface area contributed by atoms with Gasteiger partial charge < -0.3 is 24.1 Å². The molecule has 2 aromatic rings. The van der Waals surface area contributed by atoms with Crippen molar-refractivity contribution in [2.45, 2.75) is 32.7 Å². The van der Waals surface area contributed by atoms with Crippen LogP contribution in [0.25, 0.3) is 0 Å². The highest BCUT2D eigenvalue weighted by molar-refractivity contribution is 5.95. The van der Waals surface area contributed by atoms with Crippen molar-refractivity contribution in [3.8, 4) is 5.75 Å². The molecule has 0 radical (unpaired) electrons. The van der Waals surface area contributed by atoms with E-state index in [4.69, 9.17) is 13.9 Å². The number of amides is 1. The van der Waals surface area contributed by atoms with Gasteiger partial charge in [-0.3, -0.25) is 4.79 Å². The molecule has 0 spiro atoms. The predicted molar refractivity (Wildman–Crippen MR) is 100 cm³/mol. The van der Waals surface area contributed by atoms with Crippen molar-refractivity contribution >= 4 is 11.6 Å². The highest BCUT2D eigenvalue weighted by Crippen LogP contribution is 2.30. The maximum Gasteiger partial charge on any atom is 0.251 e. The van der Waals surface area contributed by atoms with Gasteiger partial charge in [0.1, 0.15) is 11.8 Å². The summed E-state index contributed by atoms with van der Waals surface area (Å²) in [4.78, 5) is 14.9. The zero-order valence-corrected chi connectivity index (χ0v) is 16.2. The smallest absolute Gasteiger partial charge is 0.251 e. The van der Waals surface area contributed by atoms with E-state index >= 15 is 0 Å². The summed E-state index contributed by atoms with van der Waals surface area (Å²) in [5.74, 6) is 1.63. The second-order valence-corrected chi connectivity index (χ2v) is 6.81. The number of nitrogens with one attached hydrogen (secondary N) is 1. The van der Waals surface area contributed by atoms with E-state index in [-0.39, 0.29) is 17.9 Å². The Morgan fingerprint density at radius 2 is 1.89 bits per heavy atom. The summed E-state index contributed by atoms with van der Waals surface area (Å²) in [5.41, 5.74) is 1.44. The zero-order chi connectivity index (χ0) is 19.4. The fourth-order valence-corrected chi connectivity index (χ4v) is 2.88. The van der Waals surface area contributed by atoms with Crippen LogP contribution >= 0.6 is 0 Å². The molecule has 1 aliphatic heterocycles. The monoisotopic (exact) mass is 374 g/mol. The number of anilines is 1. The number of carbonyl (C=O) groups is 1. The quantitative estimate of drug-likeness (QED) is 0.831. The third-order valence-corrected chi connectivity index (χ3v) is 4.46. The maximum absolute atomic E-state index is 12.7. The van der Waals surface area contributed by atoms with Crippen LogP contribution in [0.5, 0.6) is 5.75 Å². The van der Waals surface area contributed by atoms with E-state index in [9.17, 15) is 4.79 Å². The topological polar surface area (TPSA) is 89.7 Å². The number of morpholine rings is 1. The number of benzene rings is 1. The van der Waals surface area contributed by atoms with E-state index < -0.39 is 0 Å². The summed E-state index contributed by atoms with van der Waals surface area (Å²) >= 11 is 0. The summed E-state index contributed by atoms with van der Waals surface area (Å²) in [6.07, 6.45) is 0. The lowest BCUT2D eigenvalue weighted by molar-refractivity contribution is 0.0933. The molecule has 1 atom stereocenters. The molecule has 1 unspecified atom stereocenters. The van der Waals surface area contributed by atoms with E-state index in [0.29, 0.717) is 30.6 Å². The number of hydrogen-bond acceptors (Lipinski definition) is 7. The summed E-state index contributed by atoms with van der Waals surface area (Å²) < 4.78 is 16.5. The molecule has 0 saturated carbocycles. The summed E-state index contributed by atoms with van der Waals surface area (Å²) in [6.45, 7) is 8.62. The molecule has 1 aromatic heterocycles. The Labute approximate surface area is 158 Å². The molecule has 146 valence electrons. The Morgan fingerprint density at radius 1 is 1.19 bits per heavy atom. The first kappa shape index (κ1) is 19.2. The summed E-state index contributed by atoms with van der Waals surface area (Å²) in [5, 5.41) is 11.0. The van der Waals surface area contributed by atoms with Gasteiger partial charge in [-0.05, 0) is 25.1 Å². The van der Waals surface area contributed by atoms with Crippen LogP contribution in [0.3, 0.4) is 0 Å². The largest absolute Gasteiger partial charge is 0.495 e. The minimum absolute atomic E-state index is 0.145. The van der Waals surface area contributed by atoms with Crippen molar-refractivity contribution < 1.29 is 18.7 Å². The number of ether oxygens (including phenoxy) is 2. The third kappa shape index (κ3) is 4.39. The molecule has 1 saturated heterocycles. The number of carbonyl (C=O) groups excluding carboxylic acids is 1. The third-order valence-electron chi connectivity index (χ3n) is 4.46. The van der Waals surface area contributed by atoms with Gasteiger partial charge in [0.25, 0.3) is 5.91 Å². The van der Waals surface area contributed by atoms with Gasteiger partial charge >= 0.3 is 0 Å². The standard InChI is InChI=1S/C19H26N4O4/c1-12(2)18-21-22-19(27-18)13(3)20-17(24)14-5-6-16(25-4)15(11-14)23-7-9-26-10-8-23/h5-6,11-13H,7-10H2,1-4H3,(H,20,24). The van der Waals surface area contributed by atoms with Gasteiger partial charge in [-0.25, -0.2) is 0 Å². The minimum atomic E-state index is -0.383. The Balaban J connectivity index is 1.75. The molecule has 0 bridgehead atoms. The first-order chi connectivity index (χ1) is 13.0. The van der Waals surface area contributed by atoms with Gasteiger partial charge in [-0.2, -0.15) is 0 Å². The van der Waals surface area contributed by atoms with Gasteiger partial charge in [0.05, 0.1) is 26.0 Å². The van der Waals surface area contributed by atoms with Gasteiger partial charge in [-0.15, -0.1) is 10.2 Å². The van der Waals surface area contributed by atoms with E-state index in [0.717, 1.165) is 24.5 Å². The number of rotatable bonds is 6. The zero-order valence-electron chi connectivity index (χ0n) is 16.2. The molecule has 8 heteroatoms. The van der Waals surface area contributed by atoms with Gasteiger partial charge in [0.2, 0.25) is 11.8 Å². The van der Waals surface area contributed by atoms with E-state index in [1.54, 1.807) is 13.2 Å². The SMILES string of the molecule is COc1ccc(C(=O)NC(C)c2nnc(C(C)C)o2)cc1N1CCOCC1. The average molecular weight is 374 g/mol. The fourth-order valence-electron chi connectivity index (χ4n) is 2.88. The molecule has 1 aromatic carbocycles. The molecule has 1 amide bonds. The van der Waals surface area contributed by atoms with Crippen LogP contribution < -0.4 is 15.0 Å². The van der Waals surface area contributed by atoms with Crippen molar-refractivity contribution in [1.82, 2.24) is 15.5 Å². The molecule has 1 fully saturated rings. The van der Waals surface area contributed by atoms with Crippen LogP contribution in [-0.2, 0) is 4.74 Å². The van der Waals surface area contributed by atoms with Crippen LogP contribution in [0.2, 0.25) is 0 Å². The predicted octanol–water partition coefficient (Wildman–Crippen LogP) is 2.53. The molecule has 3 rings (SSSR count). The molecule has 1 N–H and O–H groups in total. The Morgan fingerprint density at radius 3 is 2.52 bits per heavy atom. The van der Waals surface area contributed by atoms with Gasteiger partial charge in [-0.1, -0.05) is 13.8 Å². The lowest BCUT2D eigenvalue weighted by Gasteiger charge is -2.30. The first-order valence-corrected chi connectivity index (χ1v) is 9.14. The lowest BCUT2D eigenvalue weighted by atomic mass is 10.1. The van der Waals surface area contributed by atoms with Crippen molar-refractivity contribution in [3.63, 3.8) is 0 Å². The van der Waals surface area contributed by atoms with Gasteiger partial charge in [0, 0.05) is 24.6 Å². The van der Waals surface area contributed by atoms with Crippen LogP contribution in [0.15, 0.2) is 22.6 Å². The number of hydrogen-bond donors (Lipinski definition) is 1. The molecule has 2 heterocycles. The minimum Gasteiger partial charge on any atom is -0.495 e. The van der Waals surface area contributed by atoms with Crippen molar-refractivity contribution in [2.75, 3.05) is 38.3 Å². The number of nitrogens with zero attached hydrogens (tertiary/aromatic N) is 3. The molecule has 1 aliphatic rings. The van der Waals surface area contributed by atoms with Crippen LogP contribution in [-0.4, -0.2) is 49.5 Å². The molecular weight excluding hydrogens is 348 g/mol. The molecular formula is C19H26N4O4. The second-order valence-electron chi connectivity index (χ2n) is 6.81. The first-order valence-electron chi connectivity index (χ1n) is 9.14. The van der Waals surface area contributed by atoms with Crippen LogP contribution in [0.1, 0.15) is 54.9 Å². The molecule has 27 heavy (non-hydrogen) atoms. The Hall–Kier alpha value is -2.61. The normalized spacial score (nSPS) is 15.7. The lowest BCUT2D eigenvalue weighted by Crippen LogP contribution is -2.36. The maximum atomic E-state index is 12.7. The Bertz CT molecular complexity index is 784. The highest BCUT2D eigenvalue weighted by Gasteiger charge is 2.21. The van der Waals surface area contributed by atoms with Gasteiger partial charge in [0.15, 0.2) is 0 Å². The highest BCUT2D eigenvalue weighted by atomic mass is 16.5. The number of methoxy groups -OCH3 is 1. The molecule has 8 nitrogen and oxygen atoms in total. The van der Waals surface area contributed by atoms with E-state index in [1.807, 2.05) is 32.9 Å². The second kappa shape index (κ2) is 8.39. The van der Waals surface area contributed by atoms with Crippen LogP contribution in [0.4, 0.5) is 5.69 Å². The molecule has 0 aliphatic carbocycles. The summed E-state index contributed by atoms with van der Waals surface area (Å²) in [6, 6.07) is 5.03. The van der Waals surface area contributed by atoms with Crippen LogP contribution in [0, 0.1) is 0 Å². The van der Waals surface area contributed by atoms with E-state index in [2.05, 4.69) is 20.4 Å². The van der Waals surface area contributed by atoms with E-state index in [1.165, 1.54) is 0 Å². The van der Waals surface area contributed by atoms with Crippen molar-refractivity contribution in [1.29, 1.82) is 0 Å². The average Bonchev–Trinajstić information content (AvgIpc) is 3.19. The number of aromatic nitrogens is 2. The summed E-state index contributed by atoms with van der Waals surface area (Å²) in [7, 11) is 1.63.